The van der Waals surface area contributed by atoms with Crippen LogP contribution in [-0.4, -0.2) is 51.3 Å². The van der Waals surface area contributed by atoms with Crippen LogP contribution in [-0.2, 0) is 4.74 Å². The van der Waals surface area contributed by atoms with E-state index in [1.54, 1.807) is 4.90 Å². The molecule has 2 aromatic heterocycles. The summed E-state index contributed by atoms with van der Waals surface area (Å²) in [6.07, 6.45) is 3.86. The quantitative estimate of drug-likeness (QED) is 0.825. The highest BCUT2D eigenvalue weighted by Gasteiger charge is 2.23. The monoisotopic (exact) mass is 363 g/mol. The van der Waals surface area contributed by atoms with E-state index in [0.717, 1.165) is 43.1 Å². The van der Waals surface area contributed by atoms with Gasteiger partial charge in [-0.25, -0.2) is 14.3 Å². The molecule has 1 fully saturated rings. The van der Waals surface area contributed by atoms with Crippen molar-refractivity contribution in [3.8, 4) is 0 Å². The molecule has 2 aromatic rings. The molecule has 1 amide bonds. The summed E-state index contributed by atoms with van der Waals surface area (Å²) in [5.74, 6) is 0.851. The number of aryl methyl sites for hydroxylation is 1. The standard InChI is InChI=1S/C9H17NO2.C8H10N4.C2H6/c1-9(2,3)12-8(11)10-6-4-5-7-10;1-6-5-10-8-4-3-7(9-2)11-12(6)8;1-2/h4-7H2,1-3H3;3-5H,1-2H3,(H,9,11);1-2H3. The van der Waals surface area contributed by atoms with E-state index in [0.29, 0.717) is 0 Å². The van der Waals surface area contributed by atoms with E-state index in [1.165, 1.54) is 0 Å². The number of hydrogen-bond acceptors (Lipinski definition) is 5. The Morgan fingerprint density at radius 2 is 1.81 bits per heavy atom. The number of anilines is 1. The summed E-state index contributed by atoms with van der Waals surface area (Å²) in [7, 11) is 1.85. The van der Waals surface area contributed by atoms with Crippen LogP contribution in [0.3, 0.4) is 0 Å². The minimum atomic E-state index is -0.361. The van der Waals surface area contributed by atoms with Crippen molar-refractivity contribution in [3.05, 3.63) is 24.0 Å². The van der Waals surface area contributed by atoms with Crippen molar-refractivity contribution in [2.75, 3.05) is 25.5 Å². The lowest BCUT2D eigenvalue weighted by molar-refractivity contribution is 0.0295. The van der Waals surface area contributed by atoms with Crippen LogP contribution in [0.15, 0.2) is 18.3 Å². The zero-order chi connectivity index (χ0) is 19.7. The molecular formula is C19H33N5O2. The van der Waals surface area contributed by atoms with E-state index in [-0.39, 0.29) is 11.7 Å². The zero-order valence-electron chi connectivity index (χ0n) is 17.2. The predicted octanol–water partition coefficient (Wildman–Crippen LogP) is 4.12. The molecule has 146 valence electrons. The summed E-state index contributed by atoms with van der Waals surface area (Å²) in [6.45, 7) is 13.4. The molecule has 0 spiro atoms. The largest absolute Gasteiger partial charge is 0.444 e. The maximum Gasteiger partial charge on any atom is 0.410 e. The number of amides is 1. The molecule has 0 radical (unpaired) electrons. The highest BCUT2D eigenvalue weighted by Crippen LogP contribution is 2.14. The van der Waals surface area contributed by atoms with E-state index in [1.807, 2.05) is 71.4 Å². The molecule has 0 saturated carbocycles. The number of likely N-dealkylation sites (tertiary alicyclic amines) is 1. The molecule has 0 bridgehead atoms. The predicted molar refractivity (Wildman–Crippen MR) is 106 cm³/mol. The van der Waals surface area contributed by atoms with Crippen LogP contribution >= 0.6 is 0 Å². The van der Waals surface area contributed by atoms with Crippen molar-refractivity contribution in [3.63, 3.8) is 0 Å². The Balaban J connectivity index is 0.000000238. The molecular weight excluding hydrogens is 330 g/mol. The van der Waals surface area contributed by atoms with E-state index >= 15 is 0 Å². The molecule has 1 saturated heterocycles. The van der Waals surface area contributed by atoms with Gasteiger partial charge in [-0.1, -0.05) is 13.8 Å². The van der Waals surface area contributed by atoms with Gasteiger partial charge in [0.15, 0.2) is 5.65 Å². The number of fused-ring (bicyclic) bond motifs is 1. The van der Waals surface area contributed by atoms with Crippen molar-refractivity contribution in [2.24, 2.45) is 0 Å². The first kappa shape index (κ1) is 21.7. The Labute approximate surface area is 156 Å². The van der Waals surface area contributed by atoms with Crippen molar-refractivity contribution in [1.29, 1.82) is 0 Å². The van der Waals surface area contributed by atoms with Crippen LogP contribution in [0.4, 0.5) is 10.6 Å². The first-order valence-electron chi connectivity index (χ1n) is 9.27. The summed E-state index contributed by atoms with van der Waals surface area (Å²) in [5, 5.41) is 7.27. The Kier molecular flexibility index (Phi) is 8.35. The second-order valence-corrected chi connectivity index (χ2v) is 6.81. The smallest absolute Gasteiger partial charge is 0.410 e. The molecule has 0 aliphatic carbocycles. The maximum absolute atomic E-state index is 11.4. The minimum absolute atomic E-state index is 0.167. The molecule has 26 heavy (non-hydrogen) atoms. The van der Waals surface area contributed by atoms with Gasteiger partial charge in [-0.15, -0.1) is 5.10 Å². The van der Waals surface area contributed by atoms with Gasteiger partial charge in [0, 0.05) is 20.1 Å². The average molecular weight is 364 g/mol. The topological polar surface area (TPSA) is 71.8 Å². The van der Waals surface area contributed by atoms with Crippen molar-refractivity contribution >= 4 is 17.6 Å². The number of nitrogens with one attached hydrogen (secondary N) is 1. The van der Waals surface area contributed by atoms with Crippen LogP contribution in [0.1, 0.15) is 53.2 Å². The summed E-state index contributed by atoms with van der Waals surface area (Å²) < 4.78 is 7.02. The Bertz CT molecular complexity index is 685. The summed E-state index contributed by atoms with van der Waals surface area (Å²) >= 11 is 0. The van der Waals surface area contributed by atoms with Gasteiger partial charge in [0.25, 0.3) is 0 Å². The summed E-state index contributed by atoms with van der Waals surface area (Å²) in [4.78, 5) is 17.3. The molecule has 0 unspecified atom stereocenters. The normalized spacial score (nSPS) is 13.4. The third-order valence-corrected chi connectivity index (χ3v) is 3.55. The van der Waals surface area contributed by atoms with Gasteiger partial charge < -0.3 is 15.0 Å². The SMILES string of the molecule is CC.CC(C)(C)OC(=O)N1CCCC1.CNc1ccc2ncc(C)n2n1. The number of ether oxygens (including phenoxy) is 1. The fourth-order valence-electron chi connectivity index (χ4n) is 2.35. The number of carbonyl (C=O) groups excluding carboxylic acids is 1. The molecule has 3 heterocycles. The molecule has 1 N–H and O–H groups in total. The molecule has 0 atom stereocenters. The fourth-order valence-corrected chi connectivity index (χ4v) is 2.35. The highest BCUT2D eigenvalue weighted by atomic mass is 16.6. The minimum Gasteiger partial charge on any atom is -0.444 e. The van der Waals surface area contributed by atoms with Crippen LogP contribution in [0.5, 0.6) is 0 Å². The molecule has 7 heteroatoms. The number of rotatable bonds is 1. The molecule has 3 rings (SSSR count). The first-order valence-corrected chi connectivity index (χ1v) is 9.27. The van der Waals surface area contributed by atoms with Gasteiger partial charge >= 0.3 is 6.09 Å². The zero-order valence-corrected chi connectivity index (χ0v) is 17.2. The Hall–Kier alpha value is -2.31. The third kappa shape index (κ3) is 6.54. The highest BCUT2D eigenvalue weighted by molar-refractivity contribution is 5.68. The Morgan fingerprint density at radius 1 is 1.19 bits per heavy atom. The molecule has 1 aliphatic rings. The molecule has 1 aliphatic heterocycles. The molecule has 0 aromatic carbocycles. The average Bonchev–Trinajstić information content (AvgIpc) is 3.26. The van der Waals surface area contributed by atoms with Crippen LogP contribution < -0.4 is 5.32 Å². The van der Waals surface area contributed by atoms with Crippen molar-refractivity contribution < 1.29 is 9.53 Å². The van der Waals surface area contributed by atoms with Crippen molar-refractivity contribution in [2.45, 2.75) is 60.0 Å². The van der Waals surface area contributed by atoms with Crippen LogP contribution in [0, 0.1) is 6.92 Å². The van der Waals surface area contributed by atoms with Gasteiger partial charge in [0.1, 0.15) is 11.4 Å². The van der Waals surface area contributed by atoms with Gasteiger partial charge in [-0.05, 0) is 52.7 Å². The second kappa shape index (κ2) is 9.99. The number of nitrogens with zero attached hydrogens (tertiary/aromatic N) is 4. The van der Waals surface area contributed by atoms with Crippen LogP contribution in [0.2, 0.25) is 0 Å². The van der Waals surface area contributed by atoms with E-state index in [2.05, 4.69) is 15.4 Å². The maximum atomic E-state index is 11.4. The Morgan fingerprint density at radius 3 is 2.35 bits per heavy atom. The number of imidazole rings is 1. The van der Waals surface area contributed by atoms with E-state index < -0.39 is 0 Å². The van der Waals surface area contributed by atoms with Gasteiger partial charge in [0.05, 0.1) is 11.9 Å². The molecule has 7 nitrogen and oxygen atoms in total. The second-order valence-electron chi connectivity index (χ2n) is 6.81. The fraction of sp³-hybridized carbons (Fsp3) is 0.632. The first-order chi connectivity index (χ1) is 12.3. The van der Waals surface area contributed by atoms with E-state index in [4.69, 9.17) is 4.74 Å². The van der Waals surface area contributed by atoms with Gasteiger partial charge in [-0.2, -0.15) is 0 Å². The number of aromatic nitrogens is 3. The summed E-state index contributed by atoms with van der Waals surface area (Å²) in [5.41, 5.74) is 1.56. The lowest BCUT2D eigenvalue weighted by atomic mass is 10.2. The number of carbonyl (C=O) groups is 1. The summed E-state index contributed by atoms with van der Waals surface area (Å²) in [6, 6.07) is 3.84. The van der Waals surface area contributed by atoms with E-state index in [9.17, 15) is 4.79 Å². The number of hydrogen-bond donors (Lipinski definition) is 1. The lowest BCUT2D eigenvalue weighted by Gasteiger charge is -2.23. The third-order valence-electron chi connectivity index (χ3n) is 3.55. The lowest BCUT2D eigenvalue weighted by Crippen LogP contribution is -2.34. The van der Waals surface area contributed by atoms with Gasteiger partial charge in [0.2, 0.25) is 0 Å². The van der Waals surface area contributed by atoms with Gasteiger partial charge in [-0.3, -0.25) is 0 Å². The van der Waals surface area contributed by atoms with Crippen LogP contribution in [0.25, 0.3) is 5.65 Å². The van der Waals surface area contributed by atoms with Crippen molar-refractivity contribution in [1.82, 2.24) is 19.5 Å².